The van der Waals surface area contributed by atoms with Gasteiger partial charge in [0.1, 0.15) is 5.75 Å². The van der Waals surface area contributed by atoms with Crippen molar-refractivity contribution in [2.24, 2.45) is 0 Å². The van der Waals surface area contributed by atoms with Crippen LogP contribution in [0.1, 0.15) is 25.0 Å². The number of hydrogen-bond donors (Lipinski definition) is 0. The molecule has 0 amide bonds. The van der Waals surface area contributed by atoms with Crippen LogP contribution >= 0.6 is 0 Å². The summed E-state index contributed by atoms with van der Waals surface area (Å²) in [7, 11) is 1.60. The quantitative estimate of drug-likeness (QED) is 0.705. The number of benzene rings is 1. The number of hydrogen-bond acceptors (Lipinski definition) is 2. The normalized spacial score (nSPS) is 9.80. The van der Waals surface area contributed by atoms with E-state index in [1.165, 1.54) is 12.5 Å². The van der Waals surface area contributed by atoms with E-state index in [-0.39, 0.29) is 5.78 Å². The third-order valence-electron chi connectivity index (χ3n) is 2.42. The molecule has 80 valence electrons. The van der Waals surface area contributed by atoms with Crippen molar-refractivity contribution in [2.45, 2.75) is 20.3 Å². The fourth-order valence-corrected chi connectivity index (χ4v) is 1.40. The first-order valence-electron chi connectivity index (χ1n) is 4.97. The highest BCUT2D eigenvalue weighted by Crippen LogP contribution is 2.26. The second-order valence-electron chi connectivity index (χ2n) is 3.42. The summed E-state index contributed by atoms with van der Waals surface area (Å²) in [5.41, 5.74) is 2.47. The fraction of sp³-hybridized carbons (Fsp3) is 0.308. The molecule has 0 aliphatic carbocycles. The molecule has 0 aliphatic heterocycles. The first-order valence-corrected chi connectivity index (χ1v) is 4.97. The van der Waals surface area contributed by atoms with Gasteiger partial charge >= 0.3 is 0 Å². The first-order chi connectivity index (χ1) is 7.10. The molecule has 0 bridgehead atoms. The zero-order valence-electron chi connectivity index (χ0n) is 9.46. The van der Waals surface area contributed by atoms with Gasteiger partial charge in [-0.25, -0.2) is 0 Å². The van der Waals surface area contributed by atoms with Gasteiger partial charge in [-0.2, -0.15) is 0 Å². The Morgan fingerprint density at radius 2 is 2.13 bits per heavy atom. The molecule has 0 saturated heterocycles. The minimum Gasteiger partial charge on any atom is -0.496 e. The zero-order valence-corrected chi connectivity index (χ0v) is 9.46. The van der Waals surface area contributed by atoms with Crippen LogP contribution in [0.15, 0.2) is 24.8 Å². The number of carbonyl (C=O) groups excluding carboxylic acids is 1. The van der Waals surface area contributed by atoms with Gasteiger partial charge in [0.2, 0.25) is 0 Å². The lowest BCUT2D eigenvalue weighted by atomic mass is 10.00. The van der Waals surface area contributed by atoms with Crippen LogP contribution in [-0.2, 0) is 11.2 Å². The molecular formula is C13H16O2. The molecule has 1 rings (SSSR count). The molecule has 0 aliphatic rings. The lowest BCUT2D eigenvalue weighted by Crippen LogP contribution is -1.98. The zero-order chi connectivity index (χ0) is 11.4. The number of allylic oxidation sites excluding steroid dienone is 1. The van der Waals surface area contributed by atoms with E-state index in [1.807, 2.05) is 18.2 Å². The van der Waals surface area contributed by atoms with E-state index in [9.17, 15) is 4.79 Å². The molecule has 0 saturated carbocycles. The Labute approximate surface area is 90.6 Å². The van der Waals surface area contributed by atoms with Crippen molar-refractivity contribution in [3.63, 3.8) is 0 Å². The molecule has 2 nitrogen and oxygen atoms in total. The Hall–Kier alpha value is -1.57. The summed E-state index contributed by atoms with van der Waals surface area (Å²) < 4.78 is 5.20. The standard InChI is InChI=1S/C13H16O2/c1-5-11-6-7-13(15-4)12(8-11)9(2)10(3)14/h6-8H,2,5H2,1,3-4H3. The number of ketones is 1. The van der Waals surface area contributed by atoms with E-state index in [1.54, 1.807) is 7.11 Å². The van der Waals surface area contributed by atoms with Crippen LogP contribution in [0.5, 0.6) is 5.75 Å². The highest BCUT2D eigenvalue weighted by molar-refractivity contribution is 6.19. The van der Waals surface area contributed by atoms with Crippen molar-refractivity contribution in [3.8, 4) is 5.75 Å². The molecule has 0 heterocycles. The topological polar surface area (TPSA) is 26.3 Å². The Morgan fingerprint density at radius 1 is 1.47 bits per heavy atom. The molecule has 0 unspecified atom stereocenters. The first kappa shape index (κ1) is 11.5. The van der Waals surface area contributed by atoms with Gasteiger partial charge in [-0.15, -0.1) is 0 Å². The maximum Gasteiger partial charge on any atom is 0.159 e. The minimum absolute atomic E-state index is 0.0263. The number of ether oxygens (including phenoxy) is 1. The summed E-state index contributed by atoms with van der Waals surface area (Å²) in [6.07, 6.45) is 0.933. The molecule has 0 fully saturated rings. The molecule has 0 spiro atoms. The van der Waals surface area contributed by atoms with E-state index in [0.717, 1.165) is 12.0 Å². The molecule has 0 atom stereocenters. The second kappa shape index (κ2) is 4.78. The highest BCUT2D eigenvalue weighted by atomic mass is 16.5. The van der Waals surface area contributed by atoms with Gasteiger partial charge in [0, 0.05) is 11.1 Å². The summed E-state index contributed by atoms with van der Waals surface area (Å²) in [5, 5.41) is 0. The summed E-state index contributed by atoms with van der Waals surface area (Å²) >= 11 is 0. The van der Waals surface area contributed by atoms with Gasteiger partial charge < -0.3 is 4.74 Å². The van der Waals surface area contributed by atoms with E-state index in [4.69, 9.17) is 4.74 Å². The number of rotatable bonds is 4. The molecule has 1 aromatic rings. The number of aryl methyl sites for hydroxylation is 1. The molecule has 0 N–H and O–H groups in total. The lowest BCUT2D eigenvalue weighted by Gasteiger charge is -2.10. The van der Waals surface area contributed by atoms with Crippen molar-refractivity contribution in [3.05, 3.63) is 35.9 Å². The van der Waals surface area contributed by atoms with Crippen LogP contribution in [0.25, 0.3) is 5.57 Å². The summed E-state index contributed by atoms with van der Waals surface area (Å²) in [4.78, 5) is 11.3. The van der Waals surface area contributed by atoms with Crippen molar-refractivity contribution < 1.29 is 9.53 Å². The minimum atomic E-state index is -0.0263. The Balaban J connectivity index is 3.23. The van der Waals surface area contributed by atoms with Crippen molar-refractivity contribution in [1.82, 2.24) is 0 Å². The number of carbonyl (C=O) groups is 1. The van der Waals surface area contributed by atoms with Crippen LogP contribution in [-0.4, -0.2) is 12.9 Å². The molecule has 2 heteroatoms. The summed E-state index contributed by atoms with van der Waals surface area (Å²) in [6, 6.07) is 5.83. The number of methoxy groups -OCH3 is 1. The number of Topliss-reactive ketones (excluding diaryl/α,β-unsaturated/α-hetero) is 1. The third-order valence-corrected chi connectivity index (χ3v) is 2.42. The van der Waals surface area contributed by atoms with Crippen molar-refractivity contribution in [1.29, 1.82) is 0 Å². The van der Waals surface area contributed by atoms with Crippen LogP contribution in [0.4, 0.5) is 0 Å². The van der Waals surface area contributed by atoms with Gasteiger partial charge in [0.25, 0.3) is 0 Å². The average molecular weight is 204 g/mol. The van der Waals surface area contributed by atoms with Gasteiger partial charge in [-0.05, 0) is 31.0 Å². The third kappa shape index (κ3) is 2.46. The van der Waals surface area contributed by atoms with Crippen LogP contribution < -0.4 is 4.74 Å². The van der Waals surface area contributed by atoms with Crippen LogP contribution in [0, 0.1) is 0 Å². The smallest absolute Gasteiger partial charge is 0.159 e. The Kier molecular flexibility index (Phi) is 3.67. The summed E-state index contributed by atoms with van der Waals surface area (Å²) in [5.74, 6) is 0.675. The maximum absolute atomic E-state index is 11.3. The molecule has 1 aromatic carbocycles. The average Bonchev–Trinajstić information content (AvgIpc) is 2.27. The van der Waals surface area contributed by atoms with E-state index >= 15 is 0 Å². The predicted octanol–water partition coefficient (Wildman–Crippen LogP) is 2.86. The van der Waals surface area contributed by atoms with Gasteiger partial charge in [0.05, 0.1) is 7.11 Å². The fourth-order valence-electron chi connectivity index (χ4n) is 1.40. The molecule has 0 radical (unpaired) electrons. The van der Waals surface area contributed by atoms with Gasteiger partial charge in [-0.3, -0.25) is 4.79 Å². The molecule has 15 heavy (non-hydrogen) atoms. The lowest BCUT2D eigenvalue weighted by molar-refractivity contribution is -0.111. The van der Waals surface area contributed by atoms with Gasteiger partial charge in [-0.1, -0.05) is 19.6 Å². The summed E-state index contributed by atoms with van der Waals surface area (Å²) in [6.45, 7) is 7.36. The Morgan fingerprint density at radius 3 is 2.60 bits per heavy atom. The molecule has 0 aromatic heterocycles. The van der Waals surface area contributed by atoms with E-state index in [0.29, 0.717) is 11.3 Å². The SMILES string of the molecule is C=C(C(C)=O)c1cc(CC)ccc1OC. The second-order valence-corrected chi connectivity index (χ2v) is 3.42. The van der Waals surface area contributed by atoms with Crippen molar-refractivity contribution >= 4 is 11.4 Å². The monoisotopic (exact) mass is 204 g/mol. The van der Waals surface area contributed by atoms with Crippen LogP contribution in [0.2, 0.25) is 0 Å². The van der Waals surface area contributed by atoms with E-state index in [2.05, 4.69) is 13.5 Å². The van der Waals surface area contributed by atoms with Crippen molar-refractivity contribution in [2.75, 3.05) is 7.11 Å². The molecular weight excluding hydrogens is 188 g/mol. The van der Waals surface area contributed by atoms with E-state index < -0.39 is 0 Å². The largest absolute Gasteiger partial charge is 0.496 e. The Bertz CT molecular complexity index is 392. The maximum atomic E-state index is 11.3. The van der Waals surface area contributed by atoms with Gasteiger partial charge in [0.15, 0.2) is 5.78 Å². The highest BCUT2D eigenvalue weighted by Gasteiger charge is 2.10. The van der Waals surface area contributed by atoms with Crippen LogP contribution in [0.3, 0.4) is 0 Å². The predicted molar refractivity (Wildman–Crippen MR) is 62.1 cm³/mol.